The van der Waals surface area contributed by atoms with Gasteiger partial charge in [-0.2, -0.15) is 0 Å². The smallest absolute Gasteiger partial charge is 0.335 e. The number of nitrogens with zero attached hydrogens (tertiary/aromatic N) is 4. The van der Waals surface area contributed by atoms with E-state index in [2.05, 4.69) is 20.4 Å². The zero-order valence-corrected chi connectivity index (χ0v) is 23.5. The molecular formula is C33H31FN4O5. The Morgan fingerprint density at radius 2 is 1.93 bits per heavy atom. The molecule has 43 heavy (non-hydrogen) atoms. The minimum Gasteiger partial charge on any atom is -0.485 e. The van der Waals surface area contributed by atoms with Crippen LogP contribution in [0.5, 0.6) is 11.5 Å². The number of carboxylic acids is 1. The molecule has 2 fully saturated rings. The topological polar surface area (TPSA) is 90.4 Å². The van der Waals surface area contributed by atoms with Crippen molar-refractivity contribution in [1.29, 1.82) is 0 Å². The van der Waals surface area contributed by atoms with E-state index in [0.29, 0.717) is 30.2 Å². The van der Waals surface area contributed by atoms with E-state index < -0.39 is 17.9 Å². The quantitative estimate of drug-likeness (QED) is 0.263. The van der Waals surface area contributed by atoms with Crippen LogP contribution in [0.25, 0.3) is 15.9 Å². The van der Waals surface area contributed by atoms with Gasteiger partial charge in [0, 0.05) is 17.7 Å². The maximum absolute atomic E-state index is 14.8. The molecule has 1 N–H and O–H groups in total. The number of benzene rings is 3. The summed E-state index contributed by atoms with van der Waals surface area (Å²) >= 11 is 0. The van der Waals surface area contributed by atoms with Gasteiger partial charge in [-0.15, -0.1) is 0 Å². The lowest BCUT2D eigenvalue weighted by Crippen LogP contribution is -2.35. The molecule has 10 heteroatoms. The molecule has 3 aromatic carbocycles. The summed E-state index contributed by atoms with van der Waals surface area (Å²) < 4.78 is 35.0. The van der Waals surface area contributed by atoms with Crippen LogP contribution in [-0.2, 0) is 17.8 Å². The Morgan fingerprint density at radius 1 is 1.09 bits per heavy atom. The predicted molar refractivity (Wildman–Crippen MR) is 156 cm³/mol. The molecule has 0 bridgehead atoms. The van der Waals surface area contributed by atoms with E-state index in [-0.39, 0.29) is 29.9 Å². The van der Waals surface area contributed by atoms with Crippen LogP contribution in [0, 0.1) is 12.4 Å². The fourth-order valence-electron chi connectivity index (χ4n) is 6.30. The number of ether oxygens (including phenoxy) is 3. The van der Waals surface area contributed by atoms with Crippen molar-refractivity contribution in [3.63, 3.8) is 0 Å². The summed E-state index contributed by atoms with van der Waals surface area (Å²) in [5.41, 5.74) is 3.56. The molecule has 0 amide bonds. The van der Waals surface area contributed by atoms with Crippen molar-refractivity contribution in [2.75, 3.05) is 26.3 Å². The minimum absolute atomic E-state index is 0.116. The van der Waals surface area contributed by atoms with Gasteiger partial charge in [-0.3, -0.25) is 4.90 Å². The Labute approximate surface area is 248 Å². The number of aromatic carboxylic acids is 1. The molecule has 0 radical (unpaired) electrons. The van der Waals surface area contributed by atoms with Gasteiger partial charge in [0.05, 0.1) is 42.4 Å². The zero-order chi connectivity index (χ0) is 29.5. The molecule has 0 unspecified atom stereocenters. The Hall–Kier alpha value is -4.46. The standard InChI is InChI=1S/C33H31FN4O5/c1-35-22-6-7-25(26(34)16-22)30-19-42-29-4-2-3-24(32(29)43-30)20-9-12-37(13-10-20)18-31-36-27-8-5-21(33(39)40)15-28(27)38(31)17-23-11-14-41-23/h2-8,15-16,20,23,30H,9-14,17-19H2,(H,39,40)/t23-,30+/m0/s1. The SMILES string of the molecule is [C-]#[N+]c1ccc([C@H]2COc3cccc(C4CCN(Cc5nc6ccc(C(=O)O)cc6n5C[C@@H]5CCO5)CC4)c3O2)c(F)c1. The number of rotatable bonds is 7. The van der Waals surface area contributed by atoms with Crippen molar-refractivity contribution in [1.82, 2.24) is 14.5 Å². The van der Waals surface area contributed by atoms with Crippen LogP contribution < -0.4 is 9.47 Å². The number of halogens is 1. The molecule has 3 aliphatic heterocycles. The average molecular weight is 583 g/mol. The Bertz CT molecular complexity index is 1740. The fraction of sp³-hybridized carbons (Fsp3) is 0.364. The van der Waals surface area contributed by atoms with Crippen LogP contribution in [0.3, 0.4) is 0 Å². The summed E-state index contributed by atoms with van der Waals surface area (Å²) in [5.74, 6) is 1.08. The summed E-state index contributed by atoms with van der Waals surface area (Å²) in [4.78, 5) is 22.2. The van der Waals surface area contributed by atoms with Crippen molar-refractivity contribution < 1.29 is 28.5 Å². The molecule has 7 rings (SSSR count). The van der Waals surface area contributed by atoms with Crippen LogP contribution >= 0.6 is 0 Å². The monoisotopic (exact) mass is 582 g/mol. The van der Waals surface area contributed by atoms with Gasteiger partial charge in [0.2, 0.25) is 0 Å². The Balaban J connectivity index is 1.07. The second-order valence-electron chi connectivity index (χ2n) is 11.4. The van der Waals surface area contributed by atoms with Crippen molar-refractivity contribution in [3.8, 4) is 11.5 Å². The highest BCUT2D eigenvalue weighted by molar-refractivity contribution is 5.92. The number of likely N-dealkylation sites (tertiary alicyclic amines) is 1. The summed E-state index contributed by atoms with van der Waals surface area (Å²) in [7, 11) is 0. The largest absolute Gasteiger partial charge is 0.485 e. The van der Waals surface area contributed by atoms with Crippen LogP contribution in [-0.4, -0.2) is 57.9 Å². The zero-order valence-electron chi connectivity index (χ0n) is 23.5. The number of carbonyl (C=O) groups is 1. The number of piperidine rings is 1. The van der Waals surface area contributed by atoms with Gasteiger partial charge in [-0.25, -0.2) is 19.0 Å². The van der Waals surface area contributed by atoms with Crippen LogP contribution in [0.1, 0.15) is 58.6 Å². The lowest BCUT2D eigenvalue weighted by molar-refractivity contribution is -0.0592. The van der Waals surface area contributed by atoms with E-state index in [0.717, 1.165) is 61.4 Å². The van der Waals surface area contributed by atoms with Gasteiger partial charge in [-0.05, 0) is 68.6 Å². The summed E-state index contributed by atoms with van der Waals surface area (Å²) in [6, 6.07) is 15.5. The molecule has 4 aromatic rings. The molecule has 1 aromatic heterocycles. The summed E-state index contributed by atoms with van der Waals surface area (Å²) in [6.45, 7) is 11.1. The van der Waals surface area contributed by atoms with E-state index in [1.165, 1.54) is 6.07 Å². The van der Waals surface area contributed by atoms with Crippen LogP contribution in [0.4, 0.5) is 10.1 Å². The number of hydrogen-bond acceptors (Lipinski definition) is 6. The number of fused-ring (bicyclic) bond motifs is 2. The van der Waals surface area contributed by atoms with E-state index >= 15 is 0 Å². The highest BCUT2D eigenvalue weighted by Gasteiger charge is 2.31. The van der Waals surface area contributed by atoms with Crippen molar-refractivity contribution in [3.05, 3.63) is 94.3 Å². The lowest BCUT2D eigenvalue weighted by Gasteiger charge is -2.35. The van der Waals surface area contributed by atoms with Gasteiger partial charge in [0.25, 0.3) is 0 Å². The maximum atomic E-state index is 14.8. The Kier molecular flexibility index (Phi) is 7.21. The average Bonchev–Trinajstić information content (AvgIpc) is 3.34. The Morgan fingerprint density at radius 3 is 2.65 bits per heavy atom. The second kappa shape index (κ2) is 11.3. The molecular weight excluding hydrogens is 551 g/mol. The first-order valence-electron chi connectivity index (χ1n) is 14.6. The summed E-state index contributed by atoms with van der Waals surface area (Å²) in [5, 5.41) is 9.53. The van der Waals surface area contributed by atoms with E-state index in [4.69, 9.17) is 25.8 Å². The minimum atomic E-state index is -0.954. The van der Waals surface area contributed by atoms with Crippen molar-refractivity contribution >= 4 is 22.7 Å². The van der Waals surface area contributed by atoms with Crippen LogP contribution in [0.2, 0.25) is 0 Å². The van der Waals surface area contributed by atoms with Gasteiger partial charge in [-0.1, -0.05) is 24.3 Å². The van der Waals surface area contributed by atoms with E-state index in [1.54, 1.807) is 30.3 Å². The first kappa shape index (κ1) is 27.4. The highest BCUT2D eigenvalue weighted by atomic mass is 19.1. The molecule has 220 valence electrons. The number of hydrogen-bond donors (Lipinski definition) is 1. The number of imidazole rings is 1. The van der Waals surface area contributed by atoms with Gasteiger partial charge < -0.3 is 23.9 Å². The second-order valence-corrected chi connectivity index (χ2v) is 11.4. The third-order valence-corrected chi connectivity index (χ3v) is 8.77. The van der Waals surface area contributed by atoms with Gasteiger partial charge in [0.1, 0.15) is 18.2 Å². The normalized spacial score (nSPS) is 20.5. The van der Waals surface area contributed by atoms with Crippen molar-refractivity contribution in [2.24, 2.45) is 0 Å². The molecule has 0 spiro atoms. The summed E-state index contributed by atoms with van der Waals surface area (Å²) in [6.07, 6.45) is 2.32. The third kappa shape index (κ3) is 5.31. The fourth-order valence-corrected chi connectivity index (χ4v) is 6.30. The number of aromatic nitrogens is 2. The molecule has 0 aliphatic carbocycles. The molecule has 9 nitrogen and oxygen atoms in total. The number of carboxylic acid groups (broad SMARTS) is 1. The molecule has 4 heterocycles. The third-order valence-electron chi connectivity index (χ3n) is 8.77. The number of para-hydroxylation sites is 1. The lowest BCUT2D eigenvalue weighted by atomic mass is 9.88. The van der Waals surface area contributed by atoms with E-state index in [9.17, 15) is 14.3 Å². The van der Waals surface area contributed by atoms with Crippen LogP contribution in [0.15, 0.2) is 54.6 Å². The first-order chi connectivity index (χ1) is 21.0. The maximum Gasteiger partial charge on any atom is 0.335 e. The van der Waals surface area contributed by atoms with Gasteiger partial charge >= 0.3 is 5.97 Å². The van der Waals surface area contributed by atoms with Gasteiger partial charge in [0.15, 0.2) is 23.3 Å². The van der Waals surface area contributed by atoms with E-state index in [1.807, 2.05) is 12.1 Å². The molecule has 2 saturated heterocycles. The van der Waals surface area contributed by atoms with Crippen molar-refractivity contribution in [2.45, 2.75) is 50.5 Å². The predicted octanol–water partition coefficient (Wildman–Crippen LogP) is 6.11. The molecule has 0 saturated carbocycles. The first-order valence-corrected chi connectivity index (χ1v) is 14.6. The highest BCUT2D eigenvalue weighted by Crippen LogP contribution is 2.45. The molecule has 2 atom stereocenters. The molecule has 3 aliphatic rings.